The van der Waals surface area contributed by atoms with Crippen molar-refractivity contribution in [1.29, 1.82) is 0 Å². The molecule has 1 atom stereocenters. The van der Waals surface area contributed by atoms with Crippen molar-refractivity contribution in [2.24, 2.45) is 0 Å². The van der Waals surface area contributed by atoms with E-state index in [4.69, 9.17) is 30.6 Å². The lowest BCUT2D eigenvalue weighted by molar-refractivity contribution is -0.117. The maximum absolute atomic E-state index is 13.2. The first-order valence-corrected chi connectivity index (χ1v) is 13.0. The van der Waals surface area contributed by atoms with Gasteiger partial charge in [0.15, 0.2) is 0 Å². The predicted molar refractivity (Wildman–Crippen MR) is 141 cm³/mol. The molecule has 0 aliphatic carbocycles. The number of aryl methyl sites for hydroxylation is 2. The number of rotatable bonds is 5. The Morgan fingerprint density at radius 1 is 1.08 bits per heavy atom. The molecular formula is C28H29ClN4O4. The maximum atomic E-state index is 13.2. The normalized spacial score (nSPS) is 18.8. The highest BCUT2D eigenvalue weighted by Gasteiger charge is 2.38. The molecule has 0 spiro atoms. The number of amides is 1. The summed E-state index contributed by atoms with van der Waals surface area (Å²) in [5, 5.41) is 4.60. The number of halogens is 1. The smallest absolute Gasteiger partial charge is 0.227 e. The molecule has 0 radical (unpaired) electrons. The summed E-state index contributed by atoms with van der Waals surface area (Å²) in [5.41, 5.74) is 5.57. The van der Waals surface area contributed by atoms with Crippen molar-refractivity contribution in [2.45, 2.75) is 51.6 Å². The second-order valence-electron chi connectivity index (χ2n) is 9.72. The fourth-order valence-electron chi connectivity index (χ4n) is 5.79. The summed E-state index contributed by atoms with van der Waals surface area (Å²) >= 11 is 6.45. The number of methoxy groups -OCH3 is 1. The largest absolute Gasteiger partial charge is 0.495 e. The third kappa shape index (κ3) is 4.08. The second-order valence-corrected chi connectivity index (χ2v) is 10.1. The molecule has 37 heavy (non-hydrogen) atoms. The minimum absolute atomic E-state index is 0.0632. The number of ether oxygens (including phenoxy) is 2. The molecule has 2 aliphatic heterocycles. The minimum atomic E-state index is -0.199. The Morgan fingerprint density at radius 2 is 1.89 bits per heavy atom. The van der Waals surface area contributed by atoms with Gasteiger partial charge in [-0.1, -0.05) is 22.8 Å². The van der Waals surface area contributed by atoms with Crippen LogP contribution in [0.1, 0.15) is 55.0 Å². The monoisotopic (exact) mass is 520 g/mol. The van der Waals surface area contributed by atoms with E-state index in [2.05, 4.69) is 27.9 Å². The number of hydrogen-bond donors (Lipinski definition) is 0. The van der Waals surface area contributed by atoms with Crippen molar-refractivity contribution in [3.8, 4) is 16.9 Å². The van der Waals surface area contributed by atoms with Gasteiger partial charge in [-0.25, -0.2) is 4.98 Å². The van der Waals surface area contributed by atoms with Crippen LogP contribution in [0.25, 0.3) is 22.2 Å². The van der Waals surface area contributed by atoms with Gasteiger partial charge in [0.25, 0.3) is 0 Å². The topological polar surface area (TPSA) is 82.6 Å². The van der Waals surface area contributed by atoms with E-state index in [9.17, 15) is 4.79 Å². The van der Waals surface area contributed by atoms with Crippen LogP contribution in [-0.2, 0) is 9.53 Å². The molecule has 192 valence electrons. The van der Waals surface area contributed by atoms with Crippen LogP contribution in [0.4, 0.5) is 5.69 Å². The number of benzene rings is 2. The highest BCUT2D eigenvalue weighted by Crippen LogP contribution is 2.42. The van der Waals surface area contributed by atoms with Crippen LogP contribution in [0.3, 0.4) is 0 Å². The average molecular weight is 521 g/mol. The molecule has 2 fully saturated rings. The molecule has 2 aliphatic rings. The molecule has 0 saturated carbocycles. The summed E-state index contributed by atoms with van der Waals surface area (Å²) in [6, 6.07) is 11.9. The zero-order valence-electron chi connectivity index (χ0n) is 21.2. The number of imidazole rings is 1. The van der Waals surface area contributed by atoms with E-state index < -0.39 is 0 Å². The van der Waals surface area contributed by atoms with E-state index in [1.54, 1.807) is 19.2 Å². The van der Waals surface area contributed by atoms with Crippen molar-refractivity contribution in [3.63, 3.8) is 0 Å². The number of hydrogen-bond acceptors (Lipinski definition) is 6. The molecule has 4 aromatic rings. The average Bonchev–Trinajstić information content (AvgIpc) is 3.58. The molecule has 0 bridgehead atoms. The number of nitrogens with zero attached hydrogens (tertiary/aromatic N) is 4. The summed E-state index contributed by atoms with van der Waals surface area (Å²) < 4.78 is 18.8. The van der Waals surface area contributed by atoms with Crippen LogP contribution in [0, 0.1) is 13.8 Å². The van der Waals surface area contributed by atoms with Gasteiger partial charge in [0.2, 0.25) is 5.91 Å². The molecule has 4 heterocycles. The lowest BCUT2D eigenvalue weighted by Crippen LogP contribution is -2.30. The van der Waals surface area contributed by atoms with Gasteiger partial charge in [0, 0.05) is 36.9 Å². The fourth-order valence-corrected chi connectivity index (χ4v) is 6.04. The third-order valence-corrected chi connectivity index (χ3v) is 7.81. The molecule has 8 nitrogen and oxygen atoms in total. The van der Waals surface area contributed by atoms with E-state index >= 15 is 0 Å². The van der Waals surface area contributed by atoms with Gasteiger partial charge >= 0.3 is 0 Å². The Morgan fingerprint density at radius 3 is 2.59 bits per heavy atom. The van der Waals surface area contributed by atoms with Gasteiger partial charge in [-0.05, 0) is 69.0 Å². The van der Waals surface area contributed by atoms with E-state index in [1.807, 2.05) is 24.8 Å². The van der Waals surface area contributed by atoms with Crippen LogP contribution >= 0.6 is 11.6 Å². The SMILES string of the molecule is COc1ccc(N2C(=O)CC[C@H]2c2nc3cc(-c4c(C)noc4C)ccc3n2C2CCOCC2)cc1Cl. The molecule has 9 heteroatoms. The van der Waals surface area contributed by atoms with Gasteiger partial charge in [-0.15, -0.1) is 0 Å². The molecule has 0 N–H and O–H groups in total. The minimum Gasteiger partial charge on any atom is -0.495 e. The molecule has 6 rings (SSSR count). The fraction of sp³-hybridized carbons (Fsp3) is 0.393. The first kappa shape index (κ1) is 24.0. The second kappa shape index (κ2) is 9.50. The Bertz CT molecular complexity index is 1470. The Labute approximate surface area is 220 Å². The van der Waals surface area contributed by atoms with E-state index in [-0.39, 0.29) is 18.0 Å². The highest BCUT2D eigenvalue weighted by molar-refractivity contribution is 6.32. The molecule has 1 amide bonds. The van der Waals surface area contributed by atoms with Crippen LogP contribution in [-0.4, -0.2) is 40.9 Å². The molecule has 2 saturated heterocycles. The zero-order chi connectivity index (χ0) is 25.7. The van der Waals surface area contributed by atoms with Crippen LogP contribution in [0.15, 0.2) is 40.9 Å². The third-order valence-electron chi connectivity index (χ3n) is 7.52. The lowest BCUT2D eigenvalue weighted by atomic mass is 10.0. The number of fused-ring (bicyclic) bond motifs is 1. The summed E-state index contributed by atoms with van der Waals surface area (Å²) in [6.45, 7) is 5.29. The number of carbonyl (C=O) groups is 1. The summed E-state index contributed by atoms with van der Waals surface area (Å²) in [7, 11) is 1.58. The Balaban J connectivity index is 1.49. The van der Waals surface area contributed by atoms with Crippen LogP contribution < -0.4 is 9.64 Å². The summed E-state index contributed by atoms with van der Waals surface area (Å²) in [4.78, 5) is 20.2. The van der Waals surface area contributed by atoms with Crippen molar-refractivity contribution >= 4 is 34.2 Å². The Hall–Kier alpha value is -3.36. The molecular weight excluding hydrogens is 492 g/mol. The van der Waals surface area contributed by atoms with Gasteiger partial charge in [-0.3, -0.25) is 4.79 Å². The number of anilines is 1. The standard InChI is InChI=1S/C28H29ClN4O4/c1-16-27(17(2)37-31-16)18-4-6-23-22(14-18)30-28(33(23)19-10-12-36-13-11-19)24-7-9-26(34)32(24)20-5-8-25(35-3)21(29)15-20/h4-6,8,14-15,19,24H,7,9-13H2,1-3H3/t24-/m0/s1. The van der Waals surface area contributed by atoms with Crippen molar-refractivity contribution in [1.82, 2.24) is 14.7 Å². The van der Waals surface area contributed by atoms with Crippen molar-refractivity contribution < 1.29 is 18.8 Å². The maximum Gasteiger partial charge on any atom is 0.227 e. The van der Waals surface area contributed by atoms with E-state index in [0.717, 1.165) is 58.0 Å². The predicted octanol–water partition coefficient (Wildman–Crippen LogP) is 6.19. The van der Waals surface area contributed by atoms with Crippen LogP contribution in [0.5, 0.6) is 5.75 Å². The van der Waals surface area contributed by atoms with Gasteiger partial charge in [0.05, 0.1) is 34.9 Å². The first-order chi connectivity index (χ1) is 18.0. The van der Waals surface area contributed by atoms with Gasteiger partial charge < -0.3 is 23.5 Å². The van der Waals surface area contributed by atoms with Crippen LogP contribution in [0.2, 0.25) is 5.02 Å². The number of aromatic nitrogens is 3. The molecule has 0 unspecified atom stereocenters. The van der Waals surface area contributed by atoms with Crippen molar-refractivity contribution in [3.05, 3.63) is 58.7 Å². The zero-order valence-corrected chi connectivity index (χ0v) is 21.9. The quantitative estimate of drug-likeness (QED) is 0.312. The summed E-state index contributed by atoms with van der Waals surface area (Å²) in [5.74, 6) is 2.32. The highest BCUT2D eigenvalue weighted by atomic mass is 35.5. The molecule has 2 aromatic carbocycles. The first-order valence-electron chi connectivity index (χ1n) is 12.6. The van der Waals surface area contributed by atoms with E-state index in [0.29, 0.717) is 36.8 Å². The molecule has 2 aromatic heterocycles. The van der Waals surface area contributed by atoms with Gasteiger partial charge in [-0.2, -0.15) is 0 Å². The lowest BCUT2D eigenvalue weighted by Gasteiger charge is -2.30. The Kier molecular flexibility index (Phi) is 6.16. The van der Waals surface area contributed by atoms with Crippen molar-refractivity contribution in [2.75, 3.05) is 25.2 Å². The van der Waals surface area contributed by atoms with E-state index in [1.165, 1.54) is 0 Å². The van der Waals surface area contributed by atoms with Gasteiger partial charge in [0.1, 0.15) is 17.3 Å². The summed E-state index contributed by atoms with van der Waals surface area (Å²) in [6.07, 6.45) is 2.94. The number of carbonyl (C=O) groups excluding carboxylic acids is 1.